The average molecular weight is 271 g/mol. The Hall–Kier alpha value is -0.120. The zero-order valence-electron chi connectivity index (χ0n) is 6.78. The molecule has 0 atom stereocenters. The third-order valence-corrected chi connectivity index (χ3v) is 0.335. The van der Waals surface area contributed by atoms with E-state index in [9.17, 15) is 15.1 Å². The predicted molar refractivity (Wildman–Crippen MR) is 30.6 cm³/mol. The maximum absolute atomic E-state index is 9.91. The van der Waals surface area contributed by atoms with Crippen LogP contribution in [0.1, 0.15) is 20.8 Å². The summed E-state index contributed by atoms with van der Waals surface area (Å²) in [6, 6.07) is 2.10. The van der Waals surface area contributed by atoms with Gasteiger partial charge in [-0.1, -0.05) is 0 Å². The molecule has 0 rings (SSSR count). The molecule has 0 aromatic rings. The number of hydrogen-bond donors (Lipinski definition) is 0. The summed E-state index contributed by atoms with van der Waals surface area (Å²) in [4.78, 5) is 0. The van der Waals surface area contributed by atoms with Crippen molar-refractivity contribution in [1.82, 2.24) is 0 Å². The van der Waals surface area contributed by atoms with E-state index in [0.29, 0.717) is 0 Å². The van der Waals surface area contributed by atoms with E-state index in [-0.39, 0.29) is 5.41 Å². The number of halogens is 5. The fourth-order valence-corrected chi connectivity index (χ4v) is 0. The van der Waals surface area contributed by atoms with E-state index in [2.05, 4.69) is 6.07 Å². The van der Waals surface area contributed by atoms with Gasteiger partial charge in [-0.3, -0.25) is 0 Å². The number of nitrogens with zero attached hydrogens (tertiary/aromatic N) is 1. The van der Waals surface area contributed by atoms with Gasteiger partial charge in [0, 0.05) is 5.41 Å². The molecule has 0 radical (unpaired) electrons. The van der Waals surface area contributed by atoms with E-state index in [4.69, 9.17) is 5.26 Å². The molecule has 0 aromatic carbocycles. The molecule has 12 heavy (non-hydrogen) atoms. The summed E-state index contributed by atoms with van der Waals surface area (Å²) in [5.74, 6) is 0. The summed E-state index contributed by atoms with van der Waals surface area (Å²) in [6.45, 7) is 5.65. The molecular weight excluding hydrogens is 262 g/mol. The molecule has 0 heterocycles. The molecule has 0 saturated heterocycles. The van der Waals surface area contributed by atoms with Crippen LogP contribution in [0.2, 0.25) is 0 Å². The van der Waals surface area contributed by atoms with Crippen LogP contribution in [0.4, 0.5) is 15.1 Å². The van der Waals surface area contributed by atoms with E-state index >= 15 is 0 Å². The van der Waals surface area contributed by atoms with Crippen LogP contribution in [0, 0.1) is 16.7 Å². The first kappa shape index (κ1) is 14.4. The zero-order valence-corrected chi connectivity index (χ0v) is 8.98. The van der Waals surface area contributed by atoms with Gasteiger partial charge >= 0.3 is 33.7 Å². The second-order valence-electron chi connectivity index (χ2n) is 3.00. The van der Waals surface area contributed by atoms with Crippen molar-refractivity contribution < 1.29 is 33.7 Å². The topological polar surface area (TPSA) is 23.8 Å². The van der Waals surface area contributed by atoms with E-state index in [1.54, 1.807) is 0 Å². The van der Waals surface area contributed by atoms with Crippen molar-refractivity contribution in [1.29, 1.82) is 5.26 Å². The minimum absolute atomic E-state index is 0.153. The van der Waals surface area contributed by atoms with Crippen LogP contribution in [0.3, 0.4) is 0 Å². The molecule has 7 heteroatoms. The fraction of sp³-hybridized carbons (Fsp3) is 0.800. The fourth-order valence-electron chi connectivity index (χ4n) is 0. The summed E-state index contributed by atoms with van der Waals surface area (Å²) in [6.07, 6.45) is 0. The van der Waals surface area contributed by atoms with Gasteiger partial charge in [-0.2, -0.15) is 5.26 Å². The normalized spacial score (nSPS) is 14.8. The Kier molecular flexibility index (Phi) is 4.48. The monoisotopic (exact) mass is 271 g/mol. The SMILES string of the molecule is CC(C)(C)C#N.[F][Nb]([F])([F])([F])[F]. The van der Waals surface area contributed by atoms with Gasteiger partial charge < -0.3 is 0 Å². The van der Waals surface area contributed by atoms with Crippen LogP contribution >= 0.6 is 0 Å². The van der Waals surface area contributed by atoms with Crippen molar-refractivity contribution in [2.75, 3.05) is 0 Å². The van der Waals surface area contributed by atoms with Crippen molar-refractivity contribution in [2.45, 2.75) is 20.8 Å². The van der Waals surface area contributed by atoms with Crippen molar-refractivity contribution >= 4 is 0 Å². The Morgan fingerprint density at radius 3 is 1.08 bits per heavy atom. The van der Waals surface area contributed by atoms with Crippen molar-refractivity contribution in [3.8, 4) is 6.07 Å². The van der Waals surface area contributed by atoms with Gasteiger partial charge in [0.1, 0.15) is 0 Å². The predicted octanol–water partition coefficient (Wildman–Crippen LogP) is 3.65. The van der Waals surface area contributed by atoms with E-state index < -0.39 is 18.5 Å². The molecular formula is C5H9F5NNb. The molecule has 0 N–H and O–H groups in total. The molecule has 1 nitrogen and oxygen atoms in total. The molecule has 0 bridgehead atoms. The molecule has 0 aliphatic heterocycles. The number of rotatable bonds is 0. The Bertz CT molecular complexity index is 164. The van der Waals surface area contributed by atoms with Crippen LogP contribution in [0.5, 0.6) is 0 Å². The van der Waals surface area contributed by atoms with Crippen molar-refractivity contribution in [3.63, 3.8) is 0 Å². The van der Waals surface area contributed by atoms with Gasteiger partial charge in [-0.25, -0.2) is 0 Å². The van der Waals surface area contributed by atoms with Gasteiger partial charge in [-0.15, -0.1) is 0 Å². The summed E-state index contributed by atoms with van der Waals surface area (Å²) >= 11 is -9.19. The average Bonchev–Trinajstić information content (AvgIpc) is 1.56. The summed E-state index contributed by atoms with van der Waals surface area (Å²) in [5, 5.41) is 8.15. The molecule has 74 valence electrons. The Morgan fingerprint density at radius 2 is 1.08 bits per heavy atom. The Morgan fingerprint density at radius 1 is 1.00 bits per heavy atom. The van der Waals surface area contributed by atoms with Crippen LogP contribution in [-0.4, -0.2) is 0 Å². The molecule has 0 aromatic heterocycles. The van der Waals surface area contributed by atoms with Gasteiger partial charge in [0.05, 0.1) is 6.07 Å². The molecule has 0 amide bonds. The Balaban J connectivity index is 0. The van der Waals surface area contributed by atoms with Crippen LogP contribution in [-0.2, 0) is 18.5 Å². The molecule has 0 fully saturated rings. The minimum atomic E-state index is -9.19. The first-order valence-electron chi connectivity index (χ1n) is 2.82. The number of nitriles is 1. The molecule has 0 spiro atoms. The van der Waals surface area contributed by atoms with Crippen LogP contribution < -0.4 is 0 Å². The van der Waals surface area contributed by atoms with Crippen molar-refractivity contribution in [2.24, 2.45) is 5.41 Å². The van der Waals surface area contributed by atoms with Crippen LogP contribution in [0.15, 0.2) is 0 Å². The number of hydrogen-bond acceptors (Lipinski definition) is 1. The van der Waals surface area contributed by atoms with E-state index in [0.717, 1.165) is 0 Å². The third-order valence-electron chi connectivity index (χ3n) is 0.335. The summed E-state index contributed by atoms with van der Waals surface area (Å²) < 4.78 is 49.6. The van der Waals surface area contributed by atoms with Crippen molar-refractivity contribution in [3.05, 3.63) is 0 Å². The second kappa shape index (κ2) is 3.73. The molecule has 0 aliphatic rings. The van der Waals surface area contributed by atoms with E-state index in [1.165, 1.54) is 0 Å². The quantitative estimate of drug-likeness (QED) is 0.487. The van der Waals surface area contributed by atoms with Gasteiger partial charge in [0.25, 0.3) is 0 Å². The first-order chi connectivity index (χ1) is 4.80. The maximum atomic E-state index is 9.91. The van der Waals surface area contributed by atoms with E-state index in [1.807, 2.05) is 20.8 Å². The third kappa shape index (κ3) is 93.9. The summed E-state index contributed by atoms with van der Waals surface area (Å²) in [7, 11) is 0. The van der Waals surface area contributed by atoms with Gasteiger partial charge in [0.2, 0.25) is 0 Å². The molecule has 0 unspecified atom stereocenters. The van der Waals surface area contributed by atoms with Crippen LogP contribution in [0.25, 0.3) is 0 Å². The molecule has 0 aliphatic carbocycles. The van der Waals surface area contributed by atoms with Gasteiger partial charge in [0.15, 0.2) is 0 Å². The zero-order chi connectivity index (χ0) is 10.7. The Labute approximate surface area is 71.6 Å². The summed E-state index contributed by atoms with van der Waals surface area (Å²) in [5.41, 5.74) is -0.153. The standard InChI is InChI=1S/C5H9N.5FH.Nb/c1-5(2,3)4-6;;;;;;/h1-3H3;5*1H;/q;;;;;;+5/p-5. The van der Waals surface area contributed by atoms with Gasteiger partial charge in [-0.05, 0) is 20.8 Å². The second-order valence-corrected chi connectivity index (χ2v) is 6.14. The first-order valence-corrected chi connectivity index (χ1v) is 6.97. The molecule has 0 saturated carbocycles.